The Morgan fingerprint density at radius 1 is 1.41 bits per heavy atom. The Morgan fingerprint density at radius 2 is 2.06 bits per heavy atom. The summed E-state index contributed by atoms with van der Waals surface area (Å²) in [5.41, 5.74) is 0.0624. The lowest BCUT2D eigenvalue weighted by molar-refractivity contribution is 0.407. The second-order valence-corrected chi connectivity index (χ2v) is 6.64. The lowest BCUT2D eigenvalue weighted by atomic mass is 9.98. The molecule has 0 saturated heterocycles. The molecule has 0 unspecified atom stereocenters. The molecule has 0 atom stereocenters. The number of sulfonamides is 1. The van der Waals surface area contributed by atoms with Crippen molar-refractivity contribution < 1.29 is 8.42 Å². The summed E-state index contributed by atoms with van der Waals surface area (Å²) >= 11 is 0. The van der Waals surface area contributed by atoms with Crippen molar-refractivity contribution in [2.24, 2.45) is 5.41 Å². The fourth-order valence-electron chi connectivity index (χ4n) is 1.00. The zero-order valence-electron chi connectivity index (χ0n) is 10.1. The molecule has 1 rings (SSSR count). The Labute approximate surface area is 102 Å². The molecule has 1 N–H and O–H groups in total. The minimum Gasteiger partial charge on any atom is -0.244 e. The van der Waals surface area contributed by atoms with Crippen molar-refractivity contribution in [2.45, 2.75) is 25.7 Å². The fourth-order valence-corrected chi connectivity index (χ4v) is 2.23. The van der Waals surface area contributed by atoms with Crippen LogP contribution < -0.4 is 4.72 Å². The van der Waals surface area contributed by atoms with Gasteiger partial charge in [0.25, 0.3) is 0 Å². The summed E-state index contributed by atoms with van der Waals surface area (Å²) in [6.07, 6.45) is 1.18. The zero-order valence-corrected chi connectivity index (χ0v) is 10.9. The molecule has 92 valence electrons. The molecule has 6 heteroatoms. The van der Waals surface area contributed by atoms with Crippen molar-refractivity contribution in [1.29, 1.82) is 5.26 Å². The van der Waals surface area contributed by atoms with Gasteiger partial charge in [0.05, 0.1) is 0 Å². The van der Waals surface area contributed by atoms with Crippen LogP contribution in [0.5, 0.6) is 0 Å². The van der Waals surface area contributed by atoms with Gasteiger partial charge in [0.1, 0.15) is 16.7 Å². The first-order valence-electron chi connectivity index (χ1n) is 5.10. The van der Waals surface area contributed by atoms with Gasteiger partial charge in [-0.1, -0.05) is 20.8 Å². The molecule has 0 aliphatic carbocycles. The summed E-state index contributed by atoms with van der Waals surface area (Å²) < 4.78 is 26.2. The van der Waals surface area contributed by atoms with Gasteiger partial charge in [0, 0.05) is 12.7 Å². The maximum Gasteiger partial charge on any atom is 0.242 e. The van der Waals surface area contributed by atoms with E-state index >= 15 is 0 Å². The number of hydrogen-bond acceptors (Lipinski definition) is 4. The third-order valence-electron chi connectivity index (χ3n) is 1.95. The van der Waals surface area contributed by atoms with Gasteiger partial charge >= 0.3 is 0 Å². The van der Waals surface area contributed by atoms with Crippen LogP contribution in [0.2, 0.25) is 0 Å². The quantitative estimate of drug-likeness (QED) is 0.879. The van der Waals surface area contributed by atoms with E-state index in [1.54, 1.807) is 0 Å². The molecule has 0 aliphatic rings. The third-order valence-corrected chi connectivity index (χ3v) is 3.34. The minimum atomic E-state index is -3.54. The number of rotatable bonds is 3. The minimum absolute atomic E-state index is 0.0701. The van der Waals surface area contributed by atoms with Crippen molar-refractivity contribution in [1.82, 2.24) is 9.71 Å². The van der Waals surface area contributed by atoms with Crippen LogP contribution in [0.3, 0.4) is 0 Å². The van der Waals surface area contributed by atoms with Crippen LogP contribution in [0.15, 0.2) is 23.2 Å². The molecule has 1 aromatic rings. The van der Waals surface area contributed by atoms with Crippen LogP contribution in [0.25, 0.3) is 0 Å². The van der Waals surface area contributed by atoms with Gasteiger partial charge in [-0.2, -0.15) is 5.26 Å². The normalized spacial score (nSPS) is 12.1. The van der Waals surface area contributed by atoms with Gasteiger partial charge in [0.15, 0.2) is 0 Å². The van der Waals surface area contributed by atoms with E-state index < -0.39 is 10.0 Å². The molecular formula is C11H15N3O2S. The molecule has 1 heterocycles. The summed E-state index contributed by atoms with van der Waals surface area (Å²) in [7, 11) is -3.54. The van der Waals surface area contributed by atoms with Crippen LogP contribution in [0.1, 0.15) is 26.5 Å². The van der Waals surface area contributed by atoms with Gasteiger partial charge in [-0.15, -0.1) is 0 Å². The van der Waals surface area contributed by atoms with Crippen molar-refractivity contribution in [2.75, 3.05) is 6.54 Å². The number of hydrogen-bond donors (Lipinski definition) is 1. The van der Waals surface area contributed by atoms with Crippen LogP contribution in [-0.2, 0) is 10.0 Å². The maximum absolute atomic E-state index is 11.8. The highest BCUT2D eigenvalue weighted by Crippen LogP contribution is 2.13. The maximum atomic E-state index is 11.8. The van der Waals surface area contributed by atoms with Crippen molar-refractivity contribution in [3.8, 4) is 6.07 Å². The van der Waals surface area contributed by atoms with E-state index in [4.69, 9.17) is 5.26 Å². The summed E-state index contributed by atoms with van der Waals surface area (Å²) in [6, 6.07) is 4.59. The Kier molecular flexibility index (Phi) is 3.86. The van der Waals surface area contributed by atoms with E-state index in [1.165, 1.54) is 18.3 Å². The van der Waals surface area contributed by atoms with Gasteiger partial charge in [-0.3, -0.25) is 0 Å². The summed E-state index contributed by atoms with van der Waals surface area (Å²) in [5, 5.41) is 8.56. The first kappa shape index (κ1) is 13.6. The van der Waals surface area contributed by atoms with Crippen LogP contribution in [-0.4, -0.2) is 19.9 Å². The van der Waals surface area contributed by atoms with Crippen LogP contribution in [0.4, 0.5) is 0 Å². The molecule has 0 bridgehead atoms. The predicted octanol–water partition coefficient (Wildman–Crippen LogP) is 1.28. The highest BCUT2D eigenvalue weighted by molar-refractivity contribution is 7.89. The van der Waals surface area contributed by atoms with Crippen molar-refractivity contribution in [3.05, 3.63) is 24.0 Å². The first-order chi connectivity index (χ1) is 7.74. The predicted molar refractivity (Wildman–Crippen MR) is 63.6 cm³/mol. The lowest BCUT2D eigenvalue weighted by Crippen LogP contribution is -2.32. The summed E-state index contributed by atoms with van der Waals surface area (Å²) in [5.74, 6) is 0. The van der Waals surface area contributed by atoms with Gasteiger partial charge in [-0.25, -0.2) is 18.1 Å². The van der Waals surface area contributed by atoms with E-state index in [0.29, 0.717) is 6.54 Å². The van der Waals surface area contributed by atoms with Crippen LogP contribution >= 0.6 is 0 Å². The molecule has 1 aromatic heterocycles. The van der Waals surface area contributed by atoms with Crippen LogP contribution in [0, 0.1) is 16.7 Å². The van der Waals surface area contributed by atoms with Crippen molar-refractivity contribution in [3.63, 3.8) is 0 Å². The Hall–Kier alpha value is -1.45. The first-order valence-corrected chi connectivity index (χ1v) is 6.59. The molecule has 0 fully saturated rings. The molecule has 0 aromatic carbocycles. The Balaban J connectivity index is 2.87. The van der Waals surface area contributed by atoms with Gasteiger partial charge in [0.2, 0.25) is 10.0 Å². The molecule has 0 saturated carbocycles. The molecule has 0 radical (unpaired) electrons. The number of nitrogens with one attached hydrogen (secondary N) is 1. The SMILES string of the molecule is CC(C)(C)CNS(=O)(=O)c1ccc(C#N)nc1. The molecule has 17 heavy (non-hydrogen) atoms. The fraction of sp³-hybridized carbons (Fsp3) is 0.455. The highest BCUT2D eigenvalue weighted by atomic mass is 32.2. The Bertz CT molecular complexity index is 521. The average molecular weight is 253 g/mol. The molecule has 0 amide bonds. The van der Waals surface area contributed by atoms with E-state index in [9.17, 15) is 8.42 Å². The average Bonchev–Trinajstić information content (AvgIpc) is 2.26. The second-order valence-electron chi connectivity index (χ2n) is 4.88. The zero-order chi connectivity index (χ0) is 13.1. The smallest absolute Gasteiger partial charge is 0.242 e. The number of pyridine rings is 1. The van der Waals surface area contributed by atoms with E-state index in [1.807, 2.05) is 26.8 Å². The molecule has 0 spiro atoms. The topological polar surface area (TPSA) is 82.9 Å². The second kappa shape index (κ2) is 4.82. The number of nitrogens with zero attached hydrogens (tertiary/aromatic N) is 2. The van der Waals surface area contributed by atoms with E-state index in [-0.39, 0.29) is 16.0 Å². The standard InChI is InChI=1S/C11H15N3O2S/c1-11(2,3)8-14-17(15,16)10-5-4-9(6-12)13-7-10/h4-5,7,14H,8H2,1-3H3. The Morgan fingerprint density at radius 3 is 2.47 bits per heavy atom. The third kappa shape index (κ3) is 4.13. The molecule has 5 nitrogen and oxygen atoms in total. The number of nitriles is 1. The highest BCUT2D eigenvalue weighted by Gasteiger charge is 2.18. The summed E-state index contributed by atoms with van der Waals surface area (Å²) in [4.78, 5) is 3.80. The van der Waals surface area contributed by atoms with E-state index in [0.717, 1.165) is 0 Å². The van der Waals surface area contributed by atoms with E-state index in [2.05, 4.69) is 9.71 Å². The molecule has 0 aliphatic heterocycles. The number of aromatic nitrogens is 1. The largest absolute Gasteiger partial charge is 0.244 e. The van der Waals surface area contributed by atoms with Crippen molar-refractivity contribution >= 4 is 10.0 Å². The summed E-state index contributed by atoms with van der Waals surface area (Å²) in [6.45, 7) is 6.15. The van der Waals surface area contributed by atoms with Gasteiger partial charge in [-0.05, 0) is 17.5 Å². The molecular weight excluding hydrogens is 238 g/mol. The van der Waals surface area contributed by atoms with Gasteiger partial charge < -0.3 is 0 Å². The lowest BCUT2D eigenvalue weighted by Gasteiger charge is -2.18. The monoisotopic (exact) mass is 253 g/mol.